The van der Waals surface area contributed by atoms with Crippen LogP contribution in [0.15, 0.2) is 91.1 Å². The highest BCUT2D eigenvalue weighted by molar-refractivity contribution is 6.14. The van der Waals surface area contributed by atoms with Crippen LogP contribution in [0.2, 0.25) is 0 Å². The highest BCUT2D eigenvalue weighted by Crippen LogP contribution is 2.38. The maximum Gasteiger partial charge on any atom is 0.271 e. The summed E-state index contributed by atoms with van der Waals surface area (Å²) in [5.74, 6) is 0.728. The van der Waals surface area contributed by atoms with E-state index in [1.807, 2.05) is 53.1 Å². The molecule has 0 aliphatic rings. The minimum Gasteiger partial charge on any atom is -0.293 e. The second-order valence-electron chi connectivity index (χ2n) is 6.55. The number of pyridine rings is 1. The van der Waals surface area contributed by atoms with Crippen LogP contribution in [0.4, 0.5) is 5.69 Å². The van der Waals surface area contributed by atoms with E-state index in [0.717, 1.165) is 38.8 Å². The molecule has 5 rings (SSSR count). The average molecular weight is 365 g/mol. The smallest absolute Gasteiger partial charge is 0.271 e. The first-order valence-corrected chi connectivity index (χ1v) is 8.92. The van der Waals surface area contributed by atoms with Gasteiger partial charge in [-0.05, 0) is 23.8 Å². The molecule has 0 N–H and O–H groups in total. The summed E-state index contributed by atoms with van der Waals surface area (Å²) in [5.41, 5.74) is 3.97. The lowest BCUT2D eigenvalue weighted by atomic mass is 10.0. The summed E-state index contributed by atoms with van der Waals surface area (Å²) in [5, 5.41) is 13.4. The third-order valence-electron chi connectivity index (χ3n) is 4.95. The summed E-state index contributed by atoms with van der Waals surface area (Å²) < 4.78 is 2.01. The van der Waals surface area contributed by atoms with Crippen LogP contribution in [0.3, 0.4) is 0 Å². The minimum absolute atomic E-state index is 0.0637. The highest BCUT2D eigenvalue weighted by atomic mass is 16.6. The minimum atomic E-state index is -0.363. The van der Waals surface area contributed by atoms with Gasteiger partial charge in [0.15, 0.2) is 0 Å². The summed E-state index contributed by atoms with van der Waals surface area (Å²) in [4.78, 5) is 15.5. The largest absolute Gasteiger partial charge is 0.293 e. The summed E-state index contributed by atoms with van der Waals surface area (Å²) >= 11 is 0. The molecule has 0 fully saturated rings. The zero-order valence-electron chi connectivity index (χ0n) is 14.8. The Hall–Kier alpha value is -3.99. The van der Waals surface area contributed by atoms with Gasteiger partial charge in [-0.15, -0.1) is 0 Å². The number of para-hydroxylation sites is 1. The Balaban J connectivity index is 1.98. The van der Waals surface area contributed by atoms with Gasteiger partial charge in [0, 0.05) is 34.7 Å². The number of nitro benzene ring substituents is 1. The molecule has 0 bridgehead atoms. The van der Waals surface area contributed by atoms with Crippen molar-refractivity contribution in [3.63, 3.8) is 0 Å². The van der Waals surface area contributed by atoms with E-state index in [9.17, 15) is 10.1 Å². The van der Waals surface area contributed by atoms with Crippen LogP contribution in [0.25, 0.3) is 38.8 Å². The third-order valence-corrected chi connectivity index (χ3v) is 4.95. The van der Waals surface area contributed by atoms with Crippen LogP contribution in [0.1, 0.15) is 0 Å². The lowest BCUT2D eigenvalue weighted by Gasteiger charge is -2.10. The Morgan fingerprint density at radius 3 is 2.39 bits per heavy atom. The van der Waals surface area contributed by atoms with E-state index in [1.54, 1.807) is 18.3 Å². The molecule has 5 nitrogen and oxygen atoms in total. The molecule has 134 valence electrons. The molecule has 0 atom stereocenters. The molecule has 0 saturated carbocycles. The number of hydrogen-bond donors (Lipinski definition) is 0. The number of nitrogens with zero attached hydrogens (tertiary/aromatic N) is 3. The zero-order valence-corrected chi connectivity index (χ0v) is 14.8. The van der Waals surface area contributed by atoms with E-state index >= 15 is 0 Å². The van der Waals surface area contributed by atoms with Gasteiger partial charge in [-0.25, -0.2) is 4.98 Å². The molecule has 5 heteroatoms. The Bertz CT molecular complexity index is 1330. The molecule has 5 aromatic rings. The molecule has 28 heavy (non-hydrogen) atoms. The average Bonchev–Trinajstić information content (AvgIpc) is 3.08. The van der Waals surface area contributed by atoms with E-state index in [1.165, 1.54) is 0 Å². The molecule has 3 aromatic carbocycles. The van der Waals surface area contributed by atoms with Crippen molar-refractivity contribution >= 4 is 27.5 Å². The van der Waals surface area contributed by atoms with Crippen molar-refractivity contribution in [3.8, 4) is 16.9 Å². The summed E-state index contributed by atoms with van der Waals surface area (Å²) in [6.07, 6.45) is 1.73. The fourth-order valence-electron chi connectivity index (χ4n) is 3.74. The number of fused-ring (bicyclic) bond motifs is 3. The van der Waals surface area contributed by atoms with Crippen LogP contribution in [-0.4, -0.2) is 14.5 Å². The van der Waals surface area contributed by atoms with Crippen molar-refractivity contribution in [1.29, 1.82) is 0 Å². The molecule has 0 aliphatic heterocycles. The third kappa shape index (κ3) is 2.45. The highest BCUT2D eigenvalue weighted by Gasteiger charge is 2.19. The van der Waals surface area contributed by atoms with Crippen molar-refractivity contribution in [2.24, 2.45) is 0 Å². The van der Waals surface area contributed by atoms with Crippen LogP contribution in [0, 0.1) is 10.1 Å². The van der Waals surface area contributed by atoms with Gasteiger partial charge in [0.1, 0.15) is 5.82 Å². The lowest BCUT2D eigenvalue weighted by molar-refractivity contribution is -0.384. The van der Waals surface area contributed by atoms with Crippen LogP contribution >= 0.6 is 0 Å². The monoisotopic (exact) mass is 365 g/mol. The Kier molecular flexibility index (Phi) is 3.66. The maximum atomic E-state index is 11.4. The van der Waals surface area contributed by atoms with Crippen molar-refractivity contribution in [1.82, 2.24) is 9.55 Å². The summed E-state index contributed by atoms with van der Waals surface area (Å²) in [6.45, 7) is 0. The predicted octanol–water partition coefficient (Wildman–Crippen LogP) is 5.75. The second-order valence-corrected chi connectivity index (χ2v) is 6.55. The van der Waals surface area contributed by atoms with E-state index in [4.69, 9.17) is 0 Å². The number of hydrogen-bond acceptors (Lipinski definition) is 3. The normalized spacial score (nSPS) is 11.1. The van der Waals surface area contributed by atoms with E-state index in [0.29, 0.717) is 0 Å². The van der Waals surface area contributed by atoms with Gasteiger partial charge in [0.25, 0.3) is 5.69 Å². The molecule has 0 amide bonds. The number of aromatic nitrogens is 2. The van der Waals surface area contributed by atoms with E-state index in [2.05, 4.69) is 29.2 Å². The van der Waals surface area contributed by atoms with Crippen molar-refractivity contribution in [2.75, 3.05) is 0 Å². The van der Waals surface area contributed by atoms with Crippen molar-refractivity contribution in [3.05, 3.63) is 101 Å². The topological polar surface area (TPSA) is 61.0 Å². The number of nitro groups is 1. The molecule has 0 saturated heterocycles. The molecule has 0 unspecified atom stereocenters. The molecule has 2 aromatic heterocycles. The first-order valence-electron chi connectivity index (χ1n) is 8.92. The molecule has 2 heterocycles. The number of rotatable bonds is 3. The van der Waals surface area contributed by atoms with E-state index in [-0.39, 0.29) is 10.6 Å². The maximum absolute atomic E-state index is 11.4. The summed E-state index contributed by atoms with van der Waals surface area (Å²) in [7, 11) is 0. The first-order chi connectivity index (χ1) is 13.7. The van der Waals surface area contributed by atoms with Crippen LogP contribution in [0.5, 0.6) is 0 Å². The van der Waals surface area contributed by atoms with Gasteiger partial charge >= 0.3 is 0 Å². The first kappa shape index (κ1) is 16.2. The van der Waals surface area contributed by atoms with Gasteiger partial charge in [-0.1, -0.05) is 54.6 Å². The zero-order chi connectivity index (χ0) is 19.1. The van der Waals surface area contributed by atoms with Gasteiger partial charge in [0.05, 0.1) is 16.0 Å². The van der Waals surface area contributed by atoms with Crippen LogP contribution < -0.4 is 0 Å². The molecular formula is C23H15N3O2. The molecule has 0 aliphatic carbocycles. The van der Waals surface area contributed by atoms with Crippen LogP contribution in [-0.2, 0) is 0 Å². The summed E-state index contributed by atoms with van der Waals surface area (Å²) in [6, 6.07) is 27.0. The second kappa shape index (κ2) is 6.32. The Morgan fingerprint density at radius 2 is 1.64 bits per heavy atom. The molecule has 0 spiro atoms. The standard InChI is InChI=1S/C23H15N3O2/c27-26(28)17-12-13-19-20-10-6-9-18(16-7-2-1-3-8-16)23(20)25(21(19)15-17)22-11-4-5-14-24-22/h1-15H. The quantitative estimate of drug-likeness (QED) is 0.302. The Morgan fingerprint density at radius 1 is 0.821 bits per heavy atom. The Labute approximate surface area is 160 Å². The van der Waals surface area contributed by atoms with Gasteiger partial charge < -0.3 is 0 Å². The predicted molar refractivity (Wildman–Crippen MR) is 111 cm³/mol. The number of non-ortho nitro benzene ring substituents is 1. The SMILES string of the molecule is O=[N+]([O-])c1ccc2c3cccc(-c4ccccc4)c3n(-c3ccccn3)c2c1. The fraction of sp³-hybridized carbons (Fsp3) is 0. The fourth-order valence-corrected chi connectivity index (χ4v) is 3.74. The van der Waals surface area contributed by atoms with Gasteiger partial charge in [-0.3, -0.25) is 14.7 Å². The van der Waals surface area contributed by atoms with Gasteiger partial charge in [0.2, 0.25) is 0 Å². The van der Waals surface area contributed by atoms with Crippen molar-refractivity contribution in [2.45, 2.75) is 0 Å². The molecular weight excluding hydrogens is 350 g/mol. The van der Waals surface area contributed by atoms with Gasteiger partial charge in [-0.2, -0.15) is 0 Å². The van der Waals surface area contributed by atoms with E-state index < -0.39 is 0 Å². The lowest BCUT2D eigenvalue weighted by Crippen LogP contribution is -1.98. The van der Waals surface area contributed by atoms with Crippen molar-refractivity contribution < 1.29 is 4.92 Å². The number of benzene rings is 3. The molecule has 0 radical (unpaired) electrons.